The van der Waals surface area contributed by atoms with E-state index in [1.165, 1.54) is 0 Å². The van der Waals surface area contributed by atoms with Crippen LogP contribution < -0.4 is 19.1 Å². The molecular weight excluding hydrogens is 368 g/mol. The predicted molar refractivity (Wildman–Crippen MR) is 104 cm³/mol. The first-order chi connectivity index (χ1) is 12.7. The number of carbonyl (C=O) groups excluding carboxylic acids is 1. The van der Waals surface area contributed by atoms with Crippen molar-refractivity contribution in [2.75, 3.05) is 22.7 Å². The lowest BCUT2D eigenvalue weighted by Gasteiger charge is -2.29. The van der Waals surface area contributed by atoms with Gasteiger partial charge in [0.05, 0.1) is 11.9 Å². The summed E-state index contributed by atoms with van der Waals surface area (Å²) in [6.45, 7) is 5.39. The van der Waals surface area contributed by atoms with Gasteiger partial charge in [-0.25, -0.2) is 8.42 Å². The highest BCUT2D eigenvalue weighted by molar-refractivity contribution is 7.92. The van der Waals surface area contributed by atoms with Crippen LogP contribution in [0.15, 0.2) is 36.4 Å². The van der Waals surface area contributed by atoms with Gasteiger partial charge in [0.25, 0.3) is 0 Å². The number of ether oxygens (including phenoxy) is 2. The zero-order valence-corrected chi connectivity index (χ0v) is 16.5. The van der Waals surface area contributed by atoms with Crippen molar-refractivity contribution in [3.05, 3.63) is 47.5 Å². The van der Waals surface area contributed by atoms with E-state index >= 15 is 0 Å². The molecule has 0 aliphatic carbocycles. The molecule has 1 N–H and O–H groups in total. The van der Waals surface area contributed by atoms with E-state index in [9.17, 15) is 13.2 Å². The van der Waals surface area contributed by atoms with Crippen molar-refractivity contribution in [1.82, 2.24) is 0 Å². The van der Waals surface area contributed by atoms with Gasteiger partial charge in [-0.3, -0.25) is 9.10 Å². The molecule has 1 amide bonds. The summed E-state index contributed by atoms with van der Waals surface area (Å²) in [5.41, 5.74) is 2.68. The lowest BCUT2D eigenvalue weighted by atomic mass is 10.1. The summed E-state index contributed by atoms with van der Waals surface area (Å²) >= 11 is 0. The van der Waals surface area contributed by atoms with E-state index in [-0.39, 0.29) is 6.79 Å². The largest absolute Gasteiger partial charge is 0.454 e. The van der Waals surface area contributed by atoms with E-state index in [1.807, 2.05) is 26.0 Å². The van der Waals surface area contributed by atoms with E-state index in [4.69, 9.17) is 9.47 Å². The van der Waals surface area contributed by atoms with Gasteiger partial charge in [0, 0.05) is 11.8 Å². The molecule has 8 heteroatoms. The molecular formula is C19H22N2O5S. The molecule has 0 radical (unpaired) electrons. The third kappa shape index (κ3) is 4.00. The number of benzene rings is 2. The molecule has 7 nitrogen and oxygen atoms in total. The molecule has 0 bridgehead atoms. The van der Waals surface area contributed by atoms with Crippen LogP contribution >= 0.6 is 0 Å². The lowest BCUT2D eigenvalue weighted by Crippen LogP contribution is -2.45. The number of carbonyl (C=O) groups is 1. The maximum absolute atomic E-state index is 12.8. The Labute approximate surface area is 158 Å². The smallest absolute Gasteiger partial charge is 0.247 e. The van der Waals surface area contributed by atoms with Crippen molar-refractivity contribution < 1.29 is 22.7 Å². The van der Waals surface area contributed by atoms with Crippen LogP contribution in [0.2, 0.25) is 0 Å². The Morgan fingerprint density at radius 3 is 2.52 bits per heavy atom. The van der Waals surface area contributed by atoms with Crippen LogP contribution in [0.1, 0.15) is 18.1 Å². The maximum atomic E-state index is 12.8. The number of nitrogens with one attached hydrogen (secondary N) is 1. The molecule has 0 fully saturated rings. The monoisotopic (exact) mass is 390 g/mol. The number of rotatable bonds is 5. The average molecular weight is 390 g/mol. The van der Waals surface area contributed by atoms with Crippen LogP contribution in [0.25, 0.3) is 0 Å². The van der Waals surface area contributed by atoms with Gasteiger partial charge >= 0.3 is 0 Å². The van der Waals surface area contributed by atoms with Crippen molar-refractivity contribution in [3.63, 3.8) is 0 Å². The molecule has 2 aromatic carbocycles. The van der Waals surface area contributed by atoms with Gasteiger partial charge in [-0.1, -0.05) is 12.1 Å². The number of nitrogens with zero attached hydrogens (tertiary/aromatic N) is 1. The minimum atomic E-state index is -3.68. The maximum Gasteiger partial charge on any atom is 0.247 e. The summed E-state index contributed by atoms with van der Waals surface area (Å²) in [5.74, 6) is 0.698. The van der Waals surface area contributed by atoms with Crippen molar-refractivity contribution in [2.45, 2.75) is 26.8 Å². The number of hydrogen-bond acceptors (Lipinski definition) is 5. The fourth-order valence-electron chi connectivity index (χ4n) is 2.96. The quantitative estimate of drug-likeness (QED) is 0.849. The van der Waals surface area contributed by atoms with Gasteiger partial charge in [-0.2, -0.15) is 0 Å². The molecule has 1 aliphatic rings. The van der Waals surface area contributed by atoms with Crippen molar-refractivity contribution in [2.24, 2.45) is 0 Å². The molecule has 144 valence electrons. The second-order valence-electron chi connectivity index (χ2n) is 6.58. The molecule has 2 aromatic rings. The van der Waals surface area contributed by atoms with Gasteiger partial charge in [0.2, 0.25) is 22.7 Å². The van der Waals surface area contributed by atoms with Gasteiger partial charge in [-0.05, 0) is 50.1 Å². The van der Waals surface area contributed by atoms with Gasteiger partial charge in [0.15, 0.2) is 11.5 Å². The zero-order valence-electron chi connectivity index (χ0n) is 15.6. The van der Waals surface area contributed by atoms with Crippen LogP contribution in [0.4, 0.5) is 11.4 Å². The van der Waals surface area contributed by atoms with Crippen LogP contribution in [0.5, 0.6) is 11.5 Å². The lowest BCUT2D eigenvalue weighted by molar-refractivity contribution is -0.116. The molecule has 0 unspecified atom stereocenters. The normalized spacial score (nSPS) is 13.9. The van der Waals surface area contributed by atoms with Crippen molar-refractivity contribution in [3.8, 4) is 11.5 Å². The molecule has 1 aliphatic heterocycles. The Morgan fingerprint density at radius 2 is 1.81 bits per heavy atom. The van der Waals surface area contributed by atoms with Crippen molar-refractivity contribution >= 4 is 27.3 Å². The van der Waals surface area contributed by atoms with Gasteiger partial charge in [-0.15, -0.1) is 0 Å². The summed E-state index contributed by atoms with van der Waals surface area (Å²) in [5, 5.41) is 2.75. The number of hydrogen-bond donors (Lipinski definition) is 1. The molecule has 1 heterocycles. The molecule has 0 spiro atoms. The van der Waals surface area contributed by atoms with Gasteiger partial charge in [0.1, 0.15) is 6.04 Å². The summed E-state index contributed by atoms with van der Waals surface area (Å²) in [6, 6.07) is 9.59. The Balaban J connectivity index is 1.89. The fraction of sp³-hybridized carbons (Fsp3) is 0.316. The molecule has 1 atom stereocenters. The molecule has 3 rings (SSSR count). The summed E-state index contributed by atoms with van der Waals surface area (Å²) in [6.07, 6.45) is 1.10. The topological polar surface area (TPSA) is 84.9 Å². The number of fused-ring (bicyclic) bond motifs is 1. The first-order valence-electron chi connectivity index (χ1n) is 8.44. The van der Waals surface area contributed by atoms with E-state index in [2.05, 4.69) is 5.32 Å². The molecule has 0 aromatic heterocycles. The molecule has 27 heavy (non-hydrogen) atoms. The summed E-state index contributed by atoms with van der Waals surface area (Å²) < 4.78 is 36.6. The van der Waals surface area contributed by atoms with Gasteiger partial charge < -0.3 is 14.8 Å². The number of sulfonamides is 1. The van der Waals surface area contributed by atoms with E-state index < -0.39 is 22.0 Å². The minimum Gasteiger partial charge on any atom is -0.454 e. The van der Waals surface area contributed by atoms with Crippen LogP contribution in [0.3, 0.4) is 0 Å². The highest BCUT2D eigenvalue weighted by Crippen LogP contribution is 2.34. The van der Waals surface area contributed by atoms with Crippen LogP contribution in [-0.4, -0.2) is 33.4 Å². The van der Waals surface area contributed by atoms with E-state index in [1.54, 1.807) is 31.2 Å². The Kier molecular flexibility index (Phi) is 5.01. The average Bonchev–Trinajstić information content (AvgIpc) is 3.04. The third-order valence-electron chi connectivity index (χ3n) is 4.33. The fourth-order valence-corrected chi connectivity index (χ4v) is 4.18. The second kappa shape index (κ2) is 7.11. The number of anilines is 2. The predicted octanol–water partition coefficient (Wildman–Crippen LogP) is 2.83. The van der Waals surface area contributed by atoms with Crippen LogP contribution in [-0.2, 0) is 14.8 Å². The first-order valence-corrected chi connectivity index (χ1v) is 10.3. The van der Waals surface area contributed by atoms with Crippen LogP contribution in [0, 0.1) is 13.8 Å². The standard InChI is InChI=1S/C19H22N2O5S/c1-12-5-6-13(2)16(9-12)21(27(4,23)24)14(3)19(22)20-15-7-8-17-18(10-15)26-11-25-17/h5-10,14H,11H2,1-4H3,(H,20,22)/t14-/m0/s1. The summed E-state index contributed by atoms with van der Waals surface area (Å²) in [7, 11) is -3.68. The Hall–Kier alpha value is -2.74. The molecule has 0 saturated heterocycles. The number of aryl methyl sites for hydroxylation is 2. The highest BCUT2D eigenvalue weighted by Gasteiger charge is 2.30. The third-order valence-corrected chi connectivity index (χ3v) is 5.56. The Bertz CT molecular complexity index is 988. The zero-order chi connectivity index (χ0) is 19.8. The highest BCUT2D eigenvalue weighted by atomic mass is 32.2. The van der Waals surface area contributed by atoms with E-state index in [0.717, 1.165) is 21.7 Å². The summed E-state index contributed by atoms with van der Waals surface area (Å²) in [4.78, 5) is 12.8. The van der Waals surface area contributed by atoms with E-state index in [0.29, 0.717) is 22.9 Å². The molecule has 0 saturated carbocycles. The van der Waals surface area contributed by atoms with Crippen molar-refractivity contribution in [1.29, 1.82) is 0 Å². The number of amides is 1. The minimum absolute atomic E-state index is 0.137. The second-order valence-corrected chi connectivity index (χ2v) is 8.44. The SMILES string of the molecule is Cc1ccc(C)c(N([C@@H](C)C(=O)Nc2ccc3c(c2)OCO3)S(C)(=O)=O)c1. The Morgan fingerprint density at radius 1 is 1.11 bits per heavy atom. The first kappa shape index (κ1) is 19.0.